The summed E-state index contributed by atoms with van der Waals surface area (Å²) in [6.07, 6.45) is 2.39. The van der Waals surface area contributed by atoms with Crippen LogP contribution in [0.15, 0.2) is 66.9 Å². The molecule has 0 saturated carbocycles. The summed E-state index contributed by atoms with van der Waals surface area (Å²) in [6, 6.07) is 19.4. The SMILES string of the molecule is COc1ccc(C(CCN(C)CC(=O)O)Nc2ccc(Oc3ccc(C)cc3)cn2)cc1. The van der Waals surface area contributed by atoms with E-state index in [0.29, 0.717) is 24.5 Å². The number of anilines is 1. The number of benzene rings is 2. The van der Waals surface area contributed by atoms with Crippen molar-refractivity contribution >= 4 is 11.8 Å². The van der Waals surface area contributed by atoms with E-state index in [2.05, 4.69) is 10.3 Å². The Morgan fingerprint density at radius 2 is 1.69 bits per heavy atom. The monoisotopic (exact) mass is 435 g/mol. The van der Waals surface area contributed by atoms with Crippen molar-refractivity contribution in [3.63, 3.8) is 0 Å². The molecular formula is C25H29N3O4. The lowest BCUT2D eigenvalue weighted by atomic mass is 10.0. The third-order valence-electron chi connectivity index (χ3n) is 5.04. The van der Waals surface area contributed by atoms with Gasteiger partial charge in [-0.05, 0) is 62.4 Å². The van der Waals surface area contributed by atoms with Crippen LogP contribution in [0, 0.1) is 6.92 Å². The van der Waals surface area contributed by atoms with Crippen LogP contribution in [-0.2, 0) is 4.79 Å². The summed E-state index contributed by atoms with van der Waals surface area (Å²) in [5, 5.41) is 12.5. The first-order valence-corrected chi connectivity index (χ1v) is 10.4. The number of nitrogens with zero attached hydrogens (tertiary/aromatic N) is 2. The number of hydrogen-bond donors (Lipinski definition) is 2. The fourth-order valence-electron chi connectivity index (χ4n) is 3.26. The number of aryl methyl sites for hydroxylation is 1. The molecule has 0 aliphatic rings. The lowest BCUT2D eigenvalue weighted by Gasteiger charge is -2.23. The molecular weight excluding hydrogens is 406 g/mol. The van der Waals surface area contributed by atoms with Gasteiger partial charge in [-0.1, -0.05) is 29.8 Å². The van der Waals surface area contributed by atoms with Gasteiger partial charge in [-0.3, -0.25) is 9.69 Å². The Morgan fingerprint density at radius 1 is 1.03 bits per heavy atom. The number of hydrogen-bond acceptors (Lipinski definition) is 6. The Balaban J connectivity index is 1.69. The standard InChI is InChI=1S/C25H29N3O4/c1-18-4-8-21(9-5-18)32-22-12-13-24(26-16-22)27-23(14-15-28(2)17-25(29)30)19-6-10-20(31-3)11-7-19/h4-13,16,23H,14-15,17H2,1-3H3,(H,26,27)(H,29,30). The summed E-state index contributed by atoms with van der Waals surface area (Å²) in [4.78, 5) is 17.3. The molecule has 3 rings (SSSR count). The van der Waals surface area contributed by atoms with E-state index in [1.165, 1.54) is 5.56 Å². The smallest absolute Gasteiger partial charge is 0.317 e. The maximum atomic E-state index is 11.0. The molecule has 32 heavy (non-hydrogen) atoms. The molecule has 1 heterocycles. The molecule has 168 valence electrons. The van der Waals surface area contributed by atoms with Gasteiger partial charge in [-0.25, -0.2) is 4.98 Å². The lowest BCUT2D eigenvalue weighted by Crippen LogP contribution is -2.28. The summed E-state index contributed by atoms with van der Waals surface area (Å²) >= 11 is 0. The van der Waals surface area contributed by atoms with Crippen molar-refractivity contribution in [1.82, 2.24) is 9.88 Å². The van der Waals surface area contributed by atoms with Crippen molar-refractivity contribution in [3.05, 3.63) is 78.0 Å². The number of pyridine rings is 1. The summed E-state index contributed by atoms with van der Waals surface area (Å²) in [5.41, 5.74) is 2.24. The van der Waals surface area contributed by atoms with E-state index in [1.54, 1.807) is 25.3 Å². The average Bonchev–Trinajstić information content (AvgIpc) is 2.79. The highest BCUT2D eigenvalue weighted by Crippen LogP contribution is 2.26. The molecule has 7 nitrogen and oxygen atoms in total. The van der Waals surface area contributed by atoms with Gasteiger partial charge in [0.05, 0.1) is 25.9 Å². The van der Waals surface area contributed by atoms with E-state index >= 15 is 0 Å². The van der Waals surface area contributed by atoms with Crippen LogP contribution in [0.2, 0.25) is 0 Å². The number of rotatable bonds is 11. The summed E-state index contributed by atoms with van der Waals surface area (Å²) in [6.45, 7) is 2.65. The van der Waals surface area contributed by atoms with Gasteiger partial charge in [-0.2, -0.15) is 0 Å². The van der Waals surface area contributed by atoms with E-state index in [9.17, 15) is 4.79 Å². The van der Waals surface area contributed by atoms with E-state index in [4.69, 9.17) is 14.6 Å². The fraction of sp³-hybridized carbons (Fsp3) is 0.280. The minimum Gasteiger partial charge on any atom is -0.497 e. The summed E-state index contributed by atoms with van der Waals surface area (Å²) in [7, 11) is 3.43. The number of nitrogens with one attached hydrogen (secondary N) is 1. The molecule has 2 N–H and O–H groups in total. The fourth-order valence-corrected chi connectivity index (χ4v) is 3.26. The van der Waals surface area contributed by atoms with Gasteiger partial charge in [0.25, 0.3) is 0 Å². The van der Waals surface area contributed by atoms with E-state index < -0.39 is 5.97 Å². The minimum atomic E-state index is -0.840. The van der Waals surface area contributed by atoms with Crippen LogP contribution in [0.25, 0.3) is 0 Å². The molecule has 0 amide bonds. The normalized spacial score (nSPS) is 11.8. The molecule has 0 aliphatic carbocycles. The van der Waals surface area contributed by atoms with Crippen LogP contribution < -0.4 is 14.8 Å². The molecule has 0 aliphatic heterocycles. The molecule has 0 saturated heterocycles. The van der Waals surface area contributed by atoms with Crippen molar-refractivity contribution < 1.29 is 19.4 Å². The zero-order valence-electron chi connectivity index (χ0n) is 18.6. The Bertz CT molecular complexity index is 989. The second kappa shape index (κ2) is 11.2. The zero-order chi connectivity index (χ0) is 22.9. The molecule has 1 unspecified atom stereocenters. The molecule has 0 spiro atoms. The zero-order valence-corrected chi connectivity index (χ0v) is 18.6. The van der Waals surface area contributed by atoms with Gasteiger partial charge in [-0.15, -0.1) is 0 Å². The highest BCUT2D eigenvalue weighted by Gasteiger charge is 2.15. The Hall–Kier alpha value is -3.58. The first-order valence-electron chi connectivity index (χ1n) is 10.4. The predicted octanol–water partition coefficient (Wildman–Crippen LogP) is 4.75. The quantitative estimate of drug-likeness (QED) is 0.450. The number of aliphatic carboxylic acids is 1. The average molecular weight is 436 g/mol. The van der Waals surface area contributed by atoms with E-state index in [1.807, 2.05) is 67.6 Å². The molecule has 7 heteroatoms. The molecule has 0 bridgehead atoms. The van der Waals surface area contributed by atoms with Crippen molar-refractivity contribution in [3.8, 4) is 17.2 Å². The minimum absolute atomic E-state index is 0.00136. The van der Waals surface area contributed by atoms with Crippen molar-refractivity contribution in [2.45, 2.75) is 19.4 Å². The molecule has 0 radical (unpaired) electrons. The van der Waals surface area contributed by atoms with Crippen LogP contribution in [0.1, 0.15) is 23.6 Å². The molecule has 2 aromatic carbocycles. The Kier molecular flexibility index (Phi) is 8.05. The van der Waals surface area contributed by atoms with Gasteiger partial charge in [0.1, 0.15) is 23.1 Å². The first kappa shape index (κ1) is 23.1. The molecule has 0 fully saturated rings. The van der Waals surface area contributed by atoms with Crippen LogP contribution in [0.3, 0.4) is 0 Å². The number of aromatic nitrogens is 1. The number of likely N-dealkylation sites (N-methyl/N-ethyl adjacent to an activating group) is 1. The number of carboxylic acid groups (broad SMARTS) is 1. The summed E-state index contributed by atoms with van der Waals surface area (Å²) < 4.78 is 11.1. The van der Waals surface area contributed by atoms with Gasteiger partial charge < -0.3 is 19.9 Å². The number of ether oxygens (including phenoxy) is 2. The van der Waals surface area contributed by atoms with Gasteiger partial charge in [0, 0.05) is 6.54 Å². The van der Waals surface area contributed by atoms with Gasteiger partial charge >= 0.3 is 5.97 Å². The summed E-state index contributed by atoms with van der Waals surface area (Å²) in [5.74, 6) is 2.07. The maximum Gasteiger partial charge on any atom is 0.317 e. The van der Waals surface area contributed by atoms with Gasteiger partial charge in [0.15, 0.2) is 0 Å². The highest BCUT2D eigenvalue weighted by atomic mass is 16.5. The Morgan fingerprint density at radius 3 is 2.28 bits per heavy atom. The third-order valence-corrected chi connectivity index (χ3v) is 5.04. The topological polar surface area (TPSA) is 83.9 Å². The Labute approximate surface area is 188 Å². The van der Waals surface area contributed by atoms with Crippen molar-refractivity contribution in [2.75, 3.05) is 32.6 Å². The first-order chi connectivity index (χ1) is 15.4. The van der Waals surface area contributed by atoms with Crippen molar-refractivity contribution in [1.29, 1.82) is 0 Å². The number of carbonyl (C=O) groups is 1. The van der Waals surface area contributed by atoms with Crippen LogP contribution in [0.5, 0.6) is 17.2 Å². The van der Waals surface area contributed by atoms with Crippen molar-refractivity contribution in [2.24, 2.45) is 0 Å². The second-order valence-corrected chi connectivity index (χ2v) is 7.68. The molecule has 3 aromatic rings. The van der Waals surface area contributed by atoms with Crippen LogP contribution in [0.4, 0.5) is 5.82 Å². The van der Waals surface area contributed by atoms with E-state index in [0.717, 1.165) is 17.1 Å². The largest absolute Gasteiger partial charge is 0.497 e. The maximum absolute atomic E-state index is 11.0. The third kappa shape index (κ3) is 6.99. The number of methoxy groups -OCH3 is 1. The van der Waals surface area contributed by atoms with Crippen LogP contribution >= 0.6 is 0 Å². The highest BCUT2D eigenvalue weighted by molar-refractivity contribution is 5.69. The van der Waals surface area contributed by atoms with E-state index in [-0.39, 0.29) is 12.6 Å². The molecule has 1 atom stereocenters. The van der Waals surface area contributed by atoms with Crippen LogP contribution in [-0.4, -0.2) is 48.2 Å². The lowest BCUT2D eigenvalue weighted by molar-refractivity contribution is -0.138. The number of carboxylic acids is 1. The second-order valence-electron chi connectivity index (χ2n) is 7.68. The predicted molar refractivity (Wildman–Crippen MR) is 125 cm³/mol. The van der Waals surface area contributed by atoms with Gasteiger partial charge in [0.2, 0.25) is 0 Å². The molecule has 1 aromatic heterocycles.